The maximum atomic E-state index is 7.57. The summed E-state index contributed by atoms with van der Waals surface area (Å²) in [5, 5.41) is 7.57. The van der Waals surface area contributed by atoms with E-state index in [2.05, 4.69) is 6.55 Å². The van der Waals surface area contributed by atoms with Gasteiger partial charge in [-0.05, 0) is 45.4 Å². The predicted octanol–water partition coefficient (Wildman–Crippen LogP) is 0.418. The average Bonchev–Trinajstić information content (AvgIpc) is 2.28. The molecule has 0 heterocycles. The number of nitrogens with two attached hydrogens (primary N) is 2. The molecule has 1 unspecified atom stereocenters. The fourth-order valence-electron chi connectivity index (χ4n) is 1.03. The molecular formula is C10H28N2O3Si. The van der Waals surface area contributed by atoms with Crippen LogP contribution in [-0.2, 0) is 8.85 Å². The lowest BCUT2D eigenvalue weighted by molar-refractivity contribution is 0.202. The third-order valence-electron chi connectivity index (χ3n) is 2.02. The van der Waals surface area contributed by atoms with Crippen molar-refractivity contribution in [3.63, 3.8) is 0 Å². The van der Waals surface area contributed by atoms with Crippen molar-refractivity contribution in [2.24, 2.45) is 11.5 Å². The van der Waals surface area contributed by atoms with Crippen LogP contribution in [0, 0.1) is 0 Å². The molecule has 0 aromatic heterocycles. The van der Waals surface area contributed by atoms with E-state index >= 15 is 0 Å². The molecule has 0 aliphatic heterocycles. The minimum atomic E-state index is -1.92. The van der Waals surface area contributed by atoms with Gasteiger partial charge < -0.3 is 25.4 Å². The third-order valence-corrected chi connectivity index (χ3v) is 4.96. The smallest absolute Gasteiger partial charge is 0.334 e. The van der Waals surface area contributed by atoms with Crippen LogP contribution in [0.4, 0.5) is 0 Å². The Morgan fingerprint density at radius 1 is 1.19 bits per heavy atom. The monoisotopic (exact) mass is 252 g/mol. The molecule has 16 heavy (non-hydrogen) atoms. The summed E-state index contributed by atoms with van der Waals surface area (Å²) in [4.78, 5) is 0. The van der Waals surface area contributed by atoms with Crippen LogP contribution in [0.5, 0.6) is 0 Å². The molecule has 100 valence electrons. The molecule has 0 radical (unpaired) electrons. The lowest BCUT2D eigenvalue weighted by Crippen LogP contribution is -2.38. The zero-order chi connectivity index (χ0) is 12.9. The first-order valence-electron chi connectivity index (χ1n) is 5.80. The molecule has 0 aliphatic rings. The Hall–Kier alpha value is 0.0169. The number of aliphatic hydroxyl groups excluding tert-OH is 1. The second kappa shape index (κ2) is 13.1. The number of aliphatic hydroxyl groups is 1. The first kappa shape index (κ1) is 18.4. The van der Waals surface area contributed by atoms with Crippen molar-refractivity contribution in [2.75, 3.05) is 33.4 Å². The van der Waals surface area contributed by atoms with E-state index in [1.807, 2.05) is 0 Å². The highest BCUT2D eigenvalue weighted by molar-refractivity contribution is 6.65. The molecule has 0 saturated heterocycles. The highest BCUT2D eigenvalue weighted by atomic mass is 28.4. The molecule has 0 aromatic rings. The molecule has 0 bridgehead atoms. The summed E-state index contributed by atoms with van der Waals surface area (Å²) in [6, 6.07) is 0.963. The van der Waals surface area contributed by atoms with Crippen LogP contribution in [0.3, 0.4) is 0 Å². The van der Waals surface area contributed by atoms with E-state index in [4.69, 9.17) is 25.4 Å². The Labute approximate surface area is 100 Å². The SMILES string of the molecule is CCO.CO[Si](C)(CCCN)OCCCN. The van der Waals surface area contributed by atoms with E-state index in [9.17, 15) is 0 Å². The zero-order valence-corrected chi connectivity index (χ0v) is 11.9. The normalized spacial score (nSPS) is 13.9. The van der Waals surface area contributed by atoms with Crippen LogP contribution in [-0.4, -0.2) is 47.1 Å². The summed E-state index contributed by atoms with van der Waals surface area (Å²) in [6.45, 7) is 6.08. The molecule has 5 N–H and O–H groups in total. The summed E-state index contributed by atoms with van der Waals surface area (Å²) in [5.74, 6) is 0. The van der Waals surface area contributed by atoms with Gasteiger partial charge >= 0.3 is 8.56 Å². The fourth-order valence-corrected chi connectivity index (χ4v) is 2.92. The van der Waals surface area contributed by atoms with Gasteiger partial charge in [0, 0.05) is 20.3 Å². The summed E-state index contributed by atoms with van der Waals surface area (Å²) in [6.07, 6.45) is 1.87. The number of rotatable bonds is 8. The van der Waals surface area contributed by atoms with Gasteiger partial charge in [0.25, 0.3) is 0 Å². The standard InChI is InChI=1S/C8H22N2O2Si.C2H6O/c1-11-13(2,8-4-6-10)12-7-3-5-9;1-2-3/h3-10H2,1-2H3;3H,2H2,1H3. The van der Waals surface area contributed by atoms with Crippen molar-refractivity contribution in [3.8, 4) is 0 Å². The van der Waals surface area contributed by atoms with Crippen LogP contribution in [0.25, 0.3) is 0 Å². The largest absolute Gasteiger partial charge is 0.398 e. The van der Waals surface area contributed by atoms with Gasteiger partial charge in [-0.3, -0.25) is 0 Å². The molecule has 0 spiro atoms. The molecule has 0 amide bonds. The van der Waals surface area contributed by atoms with Crippen molar-refractivity contribution in [1.29, 1.82) is 0 Å². The Kier molecular flexibility index (Phi) is 15.0. The van der Waals surface area contributed by atoms with Crippen LogP contribution in [0.1, 0.15) is 19.8 Å². The molecule has 0 aromatic carbocycles. The molecule has 1 atom stereocenters. The minimum Gasteiger partial charge on any atom is -0.398 e. The van der Waals surface area contributed by atoms with E-state index in [-0.39, 0.29) is 6.61 Å². The van der Waals surface area contributed by atoms with Gasteiger partial charge in [0.1, 0.15) is 0 Å². The van der Waals surface area contributed by atoms with Gasteiger partial charge in [-0.15, -0.1) is 0 Å². The lowest BCUT2D eigenvalue weighted by atomic mass is 10.5. The quantitative estimate of drug-likeness (QED) is 0.430. The van der Waals surface area contributed by atoms with Gasteiger partial charge in [-0.1, -0.05) is 0 Å². The second-order valence-corrected chi connectivity index (χ2v) is 7.00. The second-order valence-electron chi connectivity index (χ2n) is 3.54. The highest BCUT2D eigenvalue weighted by Crippen LogP contribution is 2.14. The summed E-state index contributed by atoms with van der Waals surface area (Å²) >= 11 is 0. The van der Waals surface area contributed by atoms with Crippen LogP contribution >= 0.6 is 0 Å². The molecular weight excluding hydrogens is 224 g/mol. The minimum absolute atomic E-state index is 0.250. The van der Waals surface area contributed by atoms with Gasteiger partial charge in [0.2, 0.25) is 0 Å². The summed E-state index contributed by atoms with van der Waals surface area (Å²) < 4.78 is 11.1. The van der Waals surface area contributed by atoms with Crippen molar-refractivity contribution >= 4 is 8.56 Å². The topological polar surface area (TPSA) is 90.7 Å². The first-order valence-corrected chi connectivity index (χ1v) is 8.32. The Morgan fingerprint density at radius 3 is 2.06 bits per heavy atom. The molecule has 0 rings (SSSR count). The Bertz CT molecular complexity index is 141. The highest BCUT2D eigenvalue weighted by Gasteiger charge is 2.28. The van der Waals surface area contributed by atoms with Crippen molar-refractivity contribution in [1.82, 2.24) is 0 Å². The Morgan fingerprint density at radius 2 is 1.69 bits per heavy atom. The molecule has 0 aliphatic carbocycles. The number of hydrogen-bond acceptors (Lipinski definition) is 5. The van der Waals surface area contributed by atoms with E-state index in [1.165, 1.54) is 0 Å². The molecule has 0 fully saturated rings. The van der Waals surface area contributed by atoms with Gasteiger partial charge in [0.05, 0.1) is 0 Å². The fraction of sp³-hybridized carbons (Fsp3) is 1.00. The summed E-state index contributed by atoms with van der Waals surface area (Å²) in [7, 11) is -0.204. The third kappa shape index (κ3) is 12.1. The summed E-state index contributed by atoms with van der Waals surface area (Å²) in [5.41, 5.74) is 10.8. The van der Waals surface area contributed by atoms with Gasteiger partial charge in [-0.2, -0.15) is 0 Å². The van der Waals surface area contributed by atoms with Crippen molar-refractivity contribution < 1.29 is 14.0 Å². The van der Waals surface area contributed by atoms with Crippen LogP contribution < -0.4 is 11.5 Å². The zero-order valence-electron chi connectivity index (χ0n) is 10.9. The lowest BCUT2D eigenvalue weighted by Gasteiger charge is -2.24. The predicted molar refractivity (Wildman–Crippen MR) is 69.5 cm³/mol. The van der Waals surface area contributed by atoms with E-state index in [0.717, 1.165) is 18.9 Å². The molecule has 0 saturated carbocycles. The van der Waals surface area contributed by atoms with E-state index < -0.39 is 8.56 Å². The van der Waals surface area contributed by atoms with Gasteiger partial charge in [-0.25, -0.2) is 0 Å². The maximum absolute atomic E-state index is 7.57. The van der Waals surface area contributed by atoms with Crippen molar-refractivity contribution in [3.05, 3.63) is 0 Å². The number of hydrogen-bond donors (Lipinski definition) is 3. The van der Waals surface area contributed by atoms with E-state index in [0.29, 0.717) is 19.7 Å². The molecule has 6 heteroatoms. The maximum Gasteiger partial charge on any atom is 0.334 e. The molecule has 5 nitrogen and oxygen atoms in total. The van der Waals surface area contributed by atoms with Crippen LogP contribution in [0.2, 0.25) is 12.6 Å². The van der Waals surface area contributed by atoms with Gasteiger partial charge in [0.15, 0.2) is 0 Å². The van der Waals surface area contributed by atoms with Crippen molar-refractivity contribution in [2.45, 2.75) is 32.4 Å². The average molecular weight is 252 g/mol. The Balaban J connectivity index is 0. The van der Waals surface area contributed by atoms with E-state index in [1.54, 1.807) is 14.0 Å². The van der Waals surface area contributed by atoms with Crippen LogP contribution in [0.15, 0.2) is 0 Å². The first-order chi connectivity index (χ1) is 7.60.